The number of aromatic nitrogens is 2. The van der Waals surface area contributed by atoms with Crippen molar-refractivity contribution in [1.82, 2.24) is 19.8 Å². The van der Waals surface area contributed by atoms with Gasteiger partial charge in [0.2, 0.25) is 0 Å². The van der Waals surface area contributed by atoms with Crippen LogP contribution in [-0.2, 0) is 4.74 Å². The van der Waals surface area contributed by atoms with Gasteiger partial charge < -0.3 is 19.5 Å². The van der Waals surface area contributed by atoms with Gasteiger partial charge in [0.05, 0.1) is 23.9 Å². The zero-order chi connectivity index (χ0) is 22.2. The molecule has 2 aliphatic rings. The number of nitrogens with zero attached hydrogens (tertiary/aromatic N) is 3. The van der Waals surface area contributed by atoms with Crippen LogP contribution in [0.3, 0.4) is 0 Å². The number of ether oxygens (including phenoxy) is 1. The van der Waals surface area contributed by atoms with Gasteiger partial charge >= 0.3 is 0 Å². The third-order valence-electron chi connectivity index (χ3n) is 6.94. The van der Waals surface area contributed by atoms with E-state index in [1.807, 2.05) is 18.3 Å². The highest BCUT2D eigenvalue weighted by molar-refractivity contribution is 7.80. The van der Waals surface area contributed by atoms with Crippen molar-refractivity contribution in [3.05, 3.63) is 82.9 Å². The first-order valence-corrected chi connectivity index (χ1v) is 11.8. The van der Waals surface area contributed by atoms with Gasteiger partial charge in [0, 0.05) is 42.0 Å². The summed E-state index contributed by atoms with van der Waals surface area (Å²) >= 11 is 5.87. The molecule has 2 fully saturated rings. The van der Waals surface area contributed by atoms with Crippen molar-refractivity contribution in [3.63, 3.8) is 0 Å². The van der Waals surface area contributed by atoms with E-state index in [9.17, 15) is 0 Å². The molecule has 1 aromatic carbocycles. The Balaban J connectivity index is 1.63. The number of hydrogen-bond donors (Lipinski definition) is 1. The fraction of sp³-hybridized carbons (Fsp3) is 0.385. The summed E-state index contributed by atoms with van der Waals surface area (Å²) in [5.41, 5.74) is 7.34. The molecule has 3 atom stereocenters. The minimum absolute atomic E-state index is 0.00599. The van der Waals surface area contributed by atoms with Gasteiger partial charge in [-0.05, 0) is 75.7 Å². The molecule has 4 heterocycles. The number of pyridine rings is 1. The zero-order valence-corrected chi connectivity index (χ0v) is 19.7. The minimum Gasteiger partial charge on any atom is -0.376 e. The lowest BCUT2D eigenvalue weighted by Gasteiger charge is -2.30. The monoisotopic (exact) mass is 446 g/mol. The second kappa shape index (κ2) is 8.68. The van der Waals surface area contributed by atoms with Gasteiger partial charge in [-0.25, -0.2) is 0 Å². The van der Waals surface area contributed by atoms with E-state index >= 15 is 0 Å². The summed E-state index contributed by atoms with van der Waals surface area (Å²) in [6.07, 6.45) is 4.29. The van der Waals surface area contributed by atoms with Crippen LogP contribution < -0.4 is 5.32 Å². The molecule has 32 heavy (non-hydrogen) atoms. The minimum atomic E-state index is -0.00599. The molecule has 0 saturated carbocycles. The fourth-order valence-corrected chi connectivity index (χ4v) is 5.64. The standard InChI is InChI=1S/C26H30N4OS/c1-17-18(2)30(20-10-5-4-6-11-20)19(3)23(17)25-24(22-13-7-8-14-27-22)28-26(32)29(25)16-21-12-9-15-31-21/h4-8,10-11,13-14,21,24-25H,9,12,15-16H2,1-3H3,(H,28,32)/t21-,24+,25-/m0/s1. The van der Waals surface area contributed by atoms with Crippen molar-refractivity contribution in [2.75, 3.05) is 13.2 Å². The molecule has 0 amide bonds. The molecule has 166 valence electrons. The van der Waals surface area contributed by atoms with E-state index in [-0.39, 0.29) is 18.2 Å². The van der Waals surface area contributed by atoms with E-state index in [1.165, 1.54) is 28.2 Å². The molecule has 0 radical (unpaired) electrons. The van der Waals surface area contributed by atoms with E-state index in [1.54, 1.807) is 0 Å². The first kappa shape index (κ1) is 21.2. The van der Waals surface area contributed by atoms with Crippen LogP contribution in [0.1, 0.15) is 53.1 Å². The topological polar surface area (TPSA) is 42.3 Å². The van der Waals surface area contributed by atoms with Crippen LogP contribution in [0.2, 0.25) is 0 Å². The van der Waals surface area contributed by atoms with Crippen LogP contribution in [0.15, 0.2) is 54.7 Å². The van der Waals surface area contributed by atoms with E-state index in [2.05, 4.69) is 72.0 Å². The number of thiocarbonyl (C=S) groups is 1. The second-order valence-electron chi connectivity index (χ2n) is 8.79. The molecule has 3 aromatic rings. The smallest absolute Gasteiger partial charge is 0.170 e. The molecule has 1 N–H and O–H groups in total. The third kappa shape index (κ3) is 3.61. The molecular formula is C26H30N4OS. The van der Waals surface area contributed by atoms with Gasteiger partial charge in [0.15, 0.2) is 5.11 Å². The number of rotatable bonds is 5. The lowest BCUT2D eigenvalue weighted by Crippen LogP contribution is -2.36. The maximum absolute atomic E-state index is 6.00. The van der Waals surface area contributed by atoms with Crippen LogP contribution in [0.5, 0.6) is 0 Å². The van der Waals surface area contributed by atoms with Crippen molar-refractivity contribution >= 4 is 17.3 Å². The van der Waals surface area contributed by atoms with Crippen LogP contribution >= 0.6 is 12.2 Å². The van der Waals surface area contributed by atoms with Crippen molar-refractivity contribution in [2.45, 2.75) is 51.8 Å². The SMILES string of the molecule is Cc1c([C@H]2[C@@H](c3ccccn3)NC(=S)N2C[C@@H]2CCCO2)c(C)n(-c2ccccc2)c1C. The Labute approximate surface area is 195 Å². The number of para-hydroxylation sites is 1. The summed E-state index contributed by atoms with van der Waals surface area (Å²) < 4.78 is 8.36. The predicted molar refractivity (Wildman–Crippen MR) is 131 cm³/mol. The van der Waals surface area contributed by atoms with Gasteiger partial charge in [0.1, 0.15) is 0 Å². The van der Waals surface area contributed by atoms with Gasteiger partial charge in [-0.3, -0.25) is 4.98 Å². The van der Waals surface area contributed by atoms with E-state index in [0.717, 1.165) is 36.8 Å². The Bertz CT molecular complexity index is 1110. The molecular weight excluding hydrogens is 416 g/mol. The van der Waals surface area contributed by atoms with Gasteiger partial charge in [-0.2, -0.15) is 0 Å². The van der Waals surface area contributed by atoms with Crippen LogP contribution in [-0.4, -0.2) is 38.8 Å². The Morgan fingerprint density at radius 2 is 1.84 bits per heavy atom. The van der Waals surface area contributed by atoms with Gasteiger partial charge in [-0.1, -0.05) is 24.3 Å². The normalized spacial score (nSPS) is 23.0. The number of nitrogens with one attached hydrogen (secondary N) is 1. The first-order chi connectivity index (χ1) is 15.6. The third-order valence-corrected chi connectivity index (χ3v) is 7.29. The molecule has 2 aliphatic heterocycles. The zero-order valence-electron chi connectivity index (χ0n) is 18.9. The average molecular weight is 447 g/mol. The first-order valence-electron chi connectivity index (χ1n) is 11.4. The second-order valence-corrected chi connectivity index (χ2v) is 9.18. The highest BCUT2D eigenvalue weighted by Crippen LogP contribution is 2.43. The number of benzene rings is 1. The van der Waals surface area contributed by atoms with Gasteiger partial charge in [0.25, 0.3) is 0 Å². The van der Waals surface area contributed by atoms with Crippen molar-refractivity contribution in [1.29, 1.82) is 0 Å². The maximum atomic E-state index is 6.00. The van der Waals surface area contributed by atoms with E-state index < -0.39 is 0 Å². The summed E-state index contributed by atoms with van der Waals surface area (Å²) in [5, 5.41) is 4.38. The van der Waals surface area contributed by atoms with Crippen molar-refractivity contribution in [3.8, 4) is 5.69 Å². The molecule has 0 aliphatic carbocycles. The summed E-state index contributed by atoms with van der Waals surface area (Å²) in [6, 6.07) is 16.7. The summed E-state index contributed by atoms with van der Waals surface area (Å²) in [7, 11) is 0. The van der Waals surface area contributed by atoms with Crippen LogP contribution in [0.25, 0.3) is 5.69 Å². The molecule has 2 aromatic heterocycles. The molecule has 0 spiro atoms. The van der Waals surface area contributed by atoms with Crippen molar-refractivity contribution < 1.29 is 4.74 Å². The maximum Gasteiger partial charge on any atom is 0.170 e. The van der Waals surface area contributed by atoms with Crippen molar-refractivity contribution in [2.24, 2.45) is 0 Å². The molecule has 6 heteroatoms. The van der Waals surface area contributed by atoms with E-state index in [4.69, 9.17) is 21.9 Å². The molecule has 0 bridgehead atoms. The Morgan fingerprint density at radius 1 is 1.06 bits per heavy atom. The Kier molecular flexibility index (Phi) is 5.74. The largest absolute Gasteiger partial charge is 0.376 e. The molecule has 5 rings (SSSR count). The average Bonchev–Trinajstić information content (AvgIpc) is 3.49. The summed E-state index contributed by atoms with van der Waals surface area (Å²) in [4.78, 5) is 7.04. The lowest BCUT2D eigenvalue weighted by atomic mass is 9.93. The molecule has 0 unspecified atom stereocenters. The lowest BCUT2D eigenvalue weighted by molar-refractivity contribution is 0.0841. The summed E-state index contributed by atoms with van der Waals surface area (Å²) in [5.74, 6) is 0. The Hall–Kier alpha value is -2.70. The number of hydrogen-bond acceptors (Lipinski definition) is 3. The van der Waals surface area contributed by atoms with Gasteiger partial charge in [-0.15, -0.1) is 0 Å². The molecule has 5 nitrogen and oxygen atoms in total. The van der Waals surface area contributed by atoms with E-state index in [0.29, 0.717) is 0 Å². The fourth-order valence-electron chi connectivity index (χ4n) is 5.33. The summed E-state index contributed by atoms with van der Waals surface area (Å²) in [6.45, 7) is 8.31. The van der Waals surface area contributed by atoms with Crippen LogP contribution in [0.4, 0.5) is 0 Å². The predicted octanol–water partition coefficient (Wildman–Crippen LogP) is 4.95. The quantitative estimate of drug-likeness (QED) is 0.562. The highest BCUT2D eigenvalue weighted by Gasteiger charge is 2.43. The Morgan fingerprint density at radius 3 is 2.53 bits per heavy atom. The molecule has 2 saturated heterocycles. The highest BCUT2D eigenvalue weighted by atomic mass is 32.1. The van der Waals surface area contributed by atoms with Crippen LogP contribution in [0, 0.1) is 20.8 Å².